The monoisotopic (exact) mass is 752 g/mol. The maximum atomic E-state index is 4.75. The van der Waals surface area contributed by atoms with Crippen molar-refractivity contribution in [3.8, 4) is 16.8 Å². The van der Waals surface area contributed by atoms with Crippen molar-refractivity contribution in [3.63, 3.8) is 0 Å². The molecule has 0 saturated heterocycles. The molecule has 1 atom stereocenters. The highest BCUT2D eigenvalue weighted by Gasteiger charge is 2.52. The van der Waals surface area contributed by atoms with Gasteiger partial charge in [-0.05, 0) is 136 Å². The number of nitrogens with zero attached hydrogens (tertiary/aromatic N) is 2. The molecule has 2 nitrogen and oxygen atoms in total. The molecule has 276 valence electrons. The summed E-state index contributed by atoms with van der Waals surface area (Å²) in [6, 6.07) is 60.7. The summed E-state index contributed by atoms with van der Waals surface area (Å²) >= 11 is 4.75. The van der Waals surface area contributed by atoms with Crippen LogP contribution in [0.4, 0.5) is 17.1 Å². The Labute approximate surface area is 341 Å². The molecule has 7 aromatic carbocycles. The molecule has 1 aromatic heterocycles. The summed E-state index contributed by atoms with van der Waals surface area (Å²) in [5.41, 5.74) is 18.1. The van der Waals surface area contributed by atoms with Crippen LogP contribution in [-0.4, -0.2) is 4.57 Å². The molecule has 57 heavy (non-hydrogen) atoms. The second-order valence-corrected chi connectivity index (χ2v) is 15.5. The zero-order valence-electron chi connectivity index (χ0n) is 32.4. The first kappa shape index (κ1) is 35.1. The van der Waals surface area contributed by atoms with Crippen LogP contribution in [0.25, 0.3) is 44.2 Å². The van der Waals surface area contributed by atoms with E-state index in [-0.39, 0.29) is 0 Å². The average Bonchev–Trinajstić information content (AvgIpc) is 3.85. The van der Waals surface area contributed by atoms with Crippen LogP contribution >= 0.6 is 12.6 Å². The van der Waals surface area contributed by atoms with E-state index < -0.39 is 5.41 Å². The van der Waals surface area contributed by atoms with Gasteiger partial charge in [0.1, 0.15) is 0 Å². The predicted molar refractivity (Wildman–Crippen MR) is 246 cm³/mol. The number of anilines is 3. The van der Waals surface area contributed by atoms with E-state index >= 15 is 0 Å². The number of aryl methyl sites for hydroxylation is 1. The predicted octanol–water partition coefficient (Wildman–Crippen LogP) is 14.7. The fourth-order valence-electron chi connectivity index (χ4n) is 9.77. The number of hydrogen-bond acceptors (Lipinski definition) is 2. The Morgan fingerprint density at radius 2 is 1.25 bits per heavy atom. The molecule has 1 spiro atoms. The highest BCUT2D eigenvalue weighted by atomic mass is 32.1. The SMILES string of the molecule is C/C=C\C1=C(C=CS)C2(c3cc(CCCC)ccc31)c1ccccc1-c1ccc(N(c3ccccc3)c3ccc4c(c3)c3ccccc3n4-c3ccccc3)cc12. The summed E-state index contributed by atoms with van der Waals surface area (Å²) in [7, 11) is 0. The summed E-state index contributed by atoms with van der Waals surface area (Å²) in [6.45, 7) is 4.40. The smallest absolute Gasteiger partial charge is 0.0726 e. The lowest BCUT2D eigenvalue weighted by atomic mass is 9.69. The van der Waals surface area contributed by atoms with Gasteiger partial charge in [0.25, 0.3) is 0 Å². The van der Waals surface area contributed by atoms with Gasteiger partial charge in [0.05, 0.1) is 16.4 Å². The molecule has 0 aliphatic heterocycles. The van der Waals surface area contributed by atoms with E-state index in [2.05, 4.69) is 205 Å². The lowest BCUT2D eigenvalue weighted by Crippen LogP contribution is -2.27. The van der Waals surface area contributed by atoms with Crippen molar-refractivity contribution in [2.75, 3.05) is 4.90 Å². The summed E-state index contributed by atoms with van der Waals surface area (Å²) in [5.74, 6) is 0. The molecule has 3 heteroatoms. The van der Waals surface area contributed by atoms with Gasteiger partial charge < -0.3 is 9.47 Å². The first-order valence-electron chi connectivity index (χ1n) is 20.2. The average molecular weight is 753 g/mol. The minimum Gasteiger partial charge on any atom is -0.310 e. The highest BCUT2D eigenvalue weighted by Crippen LogP contribution is 2.63. The number of fused-ring (bicyclic) bond motifs is 10. The molecular formula is C54H44N2S. The van der Waals surface area contributed by atoms with Gasteiger partial charge in [-0.25, -0.2) is 0 Å². The van der Waals surface area contributed by atoms with Crippen LogP contribution in [0.2, 0.25) is 0 Å². The largest absolute Gasteiger partial charge is 0.310 e. The number of benzene rings is 7. The molecule has 0 bridgehead atoms. The van der Waals surface area contributed by atoms with Gasteiger partial charge in [-0.1, -0.05) is 135 Å². The van der Waals surface area contributed by atoms with Crippen molar-refractivity contribution >= 4 is 57.1 Å². The molecule has 0 fully saturated rings. The molecule has 8 aromatic rings. The Kier molecular flexibility index (Phi) is 8.84. The molecule has 0 saturated carbocycles. The van der Waals surface area contributed by atoms with Gasteiger partial charge in [0.2, 0.25) is 0 Å². The van der Waals surface area contributed by atoms with E-state index in [0.29, 0.717) is 0 Å². The van der Waals surface area contributed by atoms with Crippen LogP contribution in [-0.2, 0) is 11.8 Å². The van der Waals surface area contributed by atoms with E-state index in [1.165, 1.54) is 84.7 Å². The standard InChI is InChI=1S/C54H44N2S/c1-3-5-17-37-26-29-44-42(16-4-2)49(32-33-57)54(50(44)34-37)48-24-14-12-22-43(48)45-30-27-41(36-51(45)54)55(38-18-8-6-9-19-38)40-28-31-53-47(35-40)46-23-13-15-25-52(46)56(53)39-20-10-7-11-21-39/h4,6-16,18-36,57H,3,5,17H2,1-2H3/b16-4-,33-32?. The third-order valence-electron chi connectivity index (χ3n) is 12.1. The molecule has 0 N–H and O–H groups in total. The summed E-state index contributed by atoms with van der Waals surface area (Å²) in [5, 5.41) is 4.38. The van der Waals surface area contributed by atoms with Crippen LogP contribution in [0.5, 0.6) is 0 Å². The molecule has 0 amide bonds. The van der Waals surface area contributed by atoms with Gasteiger partial charge in [-0.15, -0.1) is 0 Å². The number of rotatable bonds is 9. The second-order valence-electron chi connectivity index (χ2n) is 15.2. The molecule has 2 aliphatic carbocycles. The third kappa shape index (κ3) is 5.40. The zero-order valence-corrected chi connectivity index (χ0v) is 33.3. The Bertz CT molecular complexity index is 2910. The Morgan fingerprint density at radius 1 is 0.579 bits per heavy atom. The van der Waals surface area contributed by atoms with E-state index in [1.807, 2.05) is 5.41 Å². The minimum atomic E-state index is -0.511. The van der Waals surface area contributed by atoms with Crippen LogP contribution in [0.15, 0.2) is 193 Å². The van der Waals surface area contributed by atoms with Gasteiger partial charge in [-0.2, -0.15) is 12.6 Å². The Balaban J connectivity index is 1.24. The first-order chi connectivity index (χ1) is 28.2. The van der Waals surface area contributed by atoms with E-state index in [1.54, 1.807) is 0 Å². The van der Waals surface area contributed by atoms with E-state index in [4.69, 9.17) is 12.6 Å². The van der Waals surface area contributed by atoms with Crippen LogP contribution in [0.1, 0.15) is 54.5 Å². The van der Waals surface area contributed by atoms with Crippen molar-refractivity contribution in [1.82, 2.24) is 4.57 Å². The molecular weight excluding hydrogens is 709 g/mol. The maximum absolute atomic E-state index is 4.75. The summed E-state index contributed by atoms with van der Waals surface area (Å²) < 4.78 is 2.38. The van der Waals surface area contributed by atoms with Gasteiger partial charge in [0.15, 0.2) is 0 Å². The Morgan fingerprint density at radius 3 is 2.05 bits per heavy atom. The van der Waals surface area contributed by atoms with Crippen molar-refractivity contribution in [1.29, 1.82) is 0 Å². The van der Waals surface area contributed by atoms with Gasteiger partial charge in [0, 0.05) is 33.5 Å². The quantitative estimate of drug-likeness (QED) is 0.144. The molecule has 0 radical (unpaired) electrons. The van der Waals surface area contributed by atoms with Crippen LogP contribution < -0.4 is 4.90 Å². The number of aromatic nitrogens is 1. The first-order valence-corrected chi connectivity index (χ1v) is 20.7. The van der Waals surface area contributed by atoms with Crippen molar-refractivity contribution in [2.24, 2.45) is 0 Å². The number of para-hydroxylation sites is 3. The third-order valence-corrected chi connectivity index (χ3v) is 12.2. The Hall–Kier alpha value is -6.29. The fraction of sp³-hybridized carbons (Fsp3) is 0.111. The van der Waals surface area contributed by atoms with Crippen LogP contribution in [0, 0.1) is 0 Å². The number of thiol groups is 1. The van der Waals surface area contributed by atoms with Crippen LogP contribution in [0.3, 0.4) is 0 Å². The van der Waals surface area contributed by atoms with E-state index in [9.17, 15) is 0 Å². The maximum Gasteiger partial charge on any atom is 0.0726 e. The topological polar surface area (TPSA) is 8.17 Å². The zero-order chi connectivity index (χ0) is 38.5. The second kappa shape index (κ2) is 14.3. The molecule has 2 aliphatic rings. The van der Waals surface area contributed by atoms with Gasteiger partial charge in [-0.3, -0.25) is 0 Å². The highest BCUT2D eigenvalue weighted by molar-refractivity contribution is 7.83. The normalized spacial score (nSPS) is 15.7. The summed E-state index contributed by atoms with van der Waals surface area (Å²) in [6.07, 6.45) is 10.1. The van der Waals surface area contributed by atoms with E-state index in [0.717, 1.165) is 29.2 Å². The number of hydrogen-bond donors (Lipinski definition) is 1. The van der Waals surface area contributed by atoms with Crippen molar-refractivity contribution in [3.05, 3.63) is 221 Å². The number of allylic oxidation sites excluding steroid dienone is 5. The molecule has 10 rings (SSSR count). The lowest BCUT2D eigenvalue weighted by molar-refractivity contribution is 0.770. The fourth-order valence-corrected chi connectivity index (χ4v) is 9.92. The van der Waals surface area contributed by atoms with Gasteiger partial charge >= 0.3 is 0 Å². The van der Waals surface area contributed by atoms with Crippen molar-refractivity contribution < 1.29 is 0 Å². The molecule has 1 unspecified atom stereocenters. The van der Waals surface area contributed by atoms with Crippen molar-refractivity contribution in [2.45, 2.75) is 38.5 Å². The lowest BCUT2D eigenvalue weighted by Gasteiger charge is -2.33. The minimum absolute atomic E-state index is 0.511. The summed E-state index contributed by atoms with van der Waals surface area (Å²) in [4.78, 5) is 2.43. The number of unbranched alkanes of at least 4 members (excludes halogenated alkanes) is 1. The molecule has 1 heterocycles.